The third-order valence-corrected chi connectivity index (χ3v) is 11.5. The van der Waals surface area contributed by atoms with Gasteiger partial charge in [-0.15, -0.1) is 0 Å². The molecule has 0 heterocycles. The van der Waals surface area contributed by atoms with E-state index in [2.05, 4.69) is 47.6 Å². The van der Waals surface area contributed by atoms with Gasteiger partial charge in [0.05, 0.1) is 0 Å². The Morgan fingerprint density at radius 2 is 1.80 bits per heavy atom. The number of fused-ring (bicyclic) bond motifs is 5. The molecule has 0 aromatic carbocycles. The zero-order chi connectivity index (χ0) is 25.2. The molecule has 2 nitrogen and oxygen atoms in total. The second-order valence-corrected chi connectivity index (χ2v) is 14.1. The Kier molecular flexibility index (Phi) is 8.80. The van der Waals surface area contributed by atoms with Crippen LogP contribution >= 0.6 is 0 Å². The lowest BCUT2D eigenvalue weighted by Crippen LogP contribution is -2.51. The minimum absolute atomic E-state index is 0.0364. The monoisotopic (exact) mass is 484 g/mol. The van der Waals surface area contributed by atoms with Gasteiger partial charge in [0.15, 0.2) is 0 Å². The molecule has 4 aliphatic rings. The van der Waals surface area contributed by atoms with Gasteiger partial charge in [-0.1, -0.05) is 85.3 Å². The van der Waals surface area contributed by atoms with Gasteiger partial charge in [-0.2, -0.15) is 0 Å². The van der Waals surface area contributed by atoms with E-state index in [-0.39, 0.29) is 12.1 Å². The second kappa shape index (κ2) is 11.3. The summed E-state index contributed by atoms with van der Waals surface area (Å²) < 4.78 is 5.96. The van der Waals surface area contributed by atoms with Crippen LogP contribution in [0.1, 0.15) is 138 Å². The van der Waals surface area contributed by atoms with Crippen molar-refractivity contribution < 1.29 is 9.53 Å². The summed E-state index contributed by atoms with van der Waals surface area (Å²) in [4.78, 5) is 12.4. The van der Waals surface area contributed by atoms with Crippen molar-refractivity contribution in [3.8, 4) is 0 Å². The number of rotatable bonds is 10. The van der Waals surface area contributed by atoms with Crippen molar-refractivity contribution in [1.82, 2.24) is 0 Å². The number of ether oxygens (including phenoxy) is 1. The first-order chi connectivity index (χ1) is 16.7. The Labute approximate surface area is 217 Å². The van der Waals surface area contributed by atoms with Gasteiger partial charge in [0.2, 0.25) is 0 Å². The largest absolute Gasteiger partial charge is 0.462 e. The van der Waals surface area contributed by atoms with Gasteiger partial charge in [-0.3, -0.25) is 4.79 Å². The molecule has 0 aromatic rings. The summed E-state index contributed by atoms with van der Waals surface area (Å²) in [7, 11) is 0. The molecule has 0 unspecified atom stereocenters. The van der Waals surface area contributed by atoms with E-state index in [1.807, 2.05) is 0 Å². The highest BCUT2D eigenvalue weighted by atomic mass is 16.5. The van der Waals surface area contributed by atoms with Crippen molar-refractivity contribution in [2.45, 2.75) is 144 Å². The van der Waals surface area contributed by atoms with Crippen LogP contribution in [0, 0.1) is 46.3 Å². The molecule has 35 heavy (non-hydrogen) atoms. The highest BCUT2D eigenvalue weighted by molar-refractivity contribution is 5.69. The first-order valence-electron chi connectivity index (χ1n) is 15.6. The summed E-state index contributed by atoms with van der Waals surface area (Å²) >= 11 is 0. The summed E-state index contributed by atoms with van der Waals surface area (Å²) in [6, 6.07) is 0. The van der Waals surface area contributed by atoms with Crippen LogP contribution in [-0.4, -0.2) is 12.1 Å². The fourth-order valence-electron chi connectivity index (χ4n) is 9.52. The number of unbranched alkanes of at least 4 members (excludes halogenated alkanes) is 2. The van der Waals surface area contributed by atoms with Crippen LogP contribution < -0.4 is 0 Å². The Bertz CT molecular complexity index is 752. The average molecular weight is 485 g/mol. The molecule has 3 fully saturated rings. The van der Waals surface area contributed by atoms with Crippen molar-refractivity contribution in [3.63, 3.8) is 0 Å². The number of carbonyl (C=O) groups is 1. The van der Waals surface area contributed by atoms with Crippen molar-refractivity contribution >= 4 is 5.97 Å². The van der Waals surface area contributed by atoms with E-state index < -0.39 is 0 Å². The van der Waals surface area contributed by atoms with Crippen molar-refractivity contribution in [1.29, 1.82) is 0 Å². The molecule has 3 saturated carbocycles. The molecule has 4 aliphatic carbocycles. The SMILES string of the molecule is CCCCCC(=O)O[C@@H]1CC[C@@]2(C)C(=CC[C@H]3[C@H]4CC[C@H]([C@H](C)CCCC(C)C)[C@@]4(C)CC[C@@H]32)C1. The number of carbonyl (C=O) groups excluding carboxylic acids is 1. The van der Waals surface area contributed by atoms with Gasteiger partial charge in [-0.05, 0) is 97.7 Å². The lowest BCUT2D eigenvalue weighted by molar-refractivity contribution is -0.151. The Balaban J connectivity index is 1.39. The Morgan fingerprint density at radius 3 is 2.54 bits per heavy atom. The summed E-state index contributed by atoms with van der Waals surface area (Å²) in [6.45, 7) is 14.8. The van der Waals surface area contributed by atoms with Crippen LogP contribution in [0.25, 0.3) is 0 Å². The highest BCUT2D eigenvalue weighted by Crippen LogP contribution is 2.67. The van der Waals surface area contributed by atoms with Gasteiger partial charge in [0, 0.05) is 12.8 Å². The average Bonchev–Trinajstić information content (AvgIpc) is 3.16. The molecular weight excluding hydrogens is 428 g/mol. The van der Waals surface area contributed by atoms with Crippen LogP contribution in [-0.2, 0) is 9.53 Å². The maximum Gasteiger partial charge on any atom is 0.306 e. The molecular formula is C33H56O2. The van der Waals surface area contributed by atoms with E-state index in [0.717, 1.165) is 67.6 Å². The molecule has 0 amide bonds. The lowest BCUT2D eigenvalue weighted by Gasteiger charge is -2.58. The quantitative estimate of drug-likeness (QED) is 0.175. The molecule has 0 bridgehead atoms. The maximum atomic E-state index is 12.4. The summed E-state index contributed by atoms with van der Waals surface area (Å²) in [5.74, 6) is 5.33. The molecule has 8 atom stereocenters. The second-order valence-electron chi connectivity index (χ2n) is 14.1. The molecule has 2 heteroatoms. The van der Waals surface area contributed by atoms with Crippen LogP contribution in [0.15, 0.2) is 11.6 Å². The number of allylic oxidation sites excluding steroid dienone is 1. The molecule has 0 aliphatic heterocycles. The van der Waals surface area contributed by atoms with Gasteiger partial charge in [-0.25, -0.2) is 0 Å². The topological polar surface area (TPSA) is 26.3 Å². The van der Waals surface area contributed by atoms with Gasteiger partial charge >= 0.3 is 5.97 Å². The van der Waals surface area contributed by atoms with E-state index >= 15 is 0 Å². The van der Waals surface area contributed by atoms with Crippen molar-refractivity contribution in [2.75, 3.05) is 0 Å². The van der Waals surface area contributed by atoms with E-state index in [0.29, 0.717) is 17.3 Å². The number of esters is 1. The first kappa shape index (κ1) is 27.3. The standard InChI is InChI=1S/C33H56O2/c1-7-8-9-13-31(34)35-26-18-20-32(5)25(22-26)14-15-27-29-17-16-28(24(4)12-10-11-23(2)3)33(29,6)21-19-30(27)32/h14,23-24,26-30H,7-13,15-22H2,1-6H3/t24-,26-,27+,28-,29-,30+,32+,33-/m1/s1. The Morgan fingerprint density at radius 1 is 1.00 bits per heavy atom. The maximum absolute atomic E-state index is 12.4. The molecule has 0 spiro atoms. The third-order valence-electron chi connectivity index (χ3n) is 11.5. The predicted molar refractivity (Wildman–Crippen MR) is 147 cm³/mol. The molecule has 0 saturated heterocycles. The van der Waals surface area contributed by atoms with E-state index in [9.17, 15) is 4.79 Å². The lowest BCUT2D eigenvalue weighted by atomic mass is 9.47. The summed E-state index contributed by atoms with van der Waals surface area (Å²) in [6.07, 6.45) is 21.2. The summed E-state index contributed by atoms with van der Waals surface area (Å²) in [5, 5.41) is 0. The molecule has 0 aromatic heterocycles. The van der Waals surface area contributed by atoms with Crippen molar-refractivity contribution in [2.24, 2.45) is 46.3 Å². The van der Waals surface area contributed by atoms with Crippen LogP contribution in [0.2, 0.25) is 0 Å². The Hall–Kier alpha value is -0.790. The highest BCUT2D eigenvalue weighted by Gasteiger charge is 2.59. The first-order valence-corrected chi connectivity index (χ1v) is 15.6. The van der Waals surface area contributed by atoms with E-state index in [1.165, 1.54) is 57.8 Å². The smallest absolute Gasteiger partial charge is 0.306 e. The fraction of sp³-hybridized carbons (Fsp3) is 0.909. The number of hydrogen-bond acceptors (Lipinski definition) is 2. The van der Waals surface area contributed by atoms with Crippen LogP contribution in [0.5, 0.6) is 0 Å². The minimum atomic E-state index is 0.0364. The number of hydrogen-bond donors (Lipinski definition) is 0. The zero-order valence-corrected chi connectivity index (χ0v) is 24.0. The van der Waals surface area contributed by atoms with Crippen LogP contribution in [0.4, 0.5) is 0 Å². The van der Waals surface area contributed by atoms with E-state index in [4.69, 9.17) is 4.74 Å². The van der Waals surface area contributed by atoms with Crippen molar-refractivity contribution in [3.05, 3.63) is 11.6 Å². The zero-order valence-electron chi connectivity index (χ0n) is 24.0. The fourth-order valence-corrected chi connectivity index (χ4v) is 9.52. The minimum Gasteiger partial charge on any atom is -0.462 e. The van der Waals surface area contributed by atoms with Gasteiger partial charge in [0.1, 0.15) is 6.10 Å². The van der Waals surface area contributed by atoms with Crippen LogP contribution in [0.3, 0.4) is 0 Å². The predicted octanol–water partition coefficient (Wildman–Crippen LogP) is 9.52. The third kappa shape index (κ3) is 5.57. The normalized spacial score (nSPS) is 39.4. The van der Waals surface area contributed by atoms with E-state index in [1.54, 1.807) is 5.57 Å². The molecule has 0 N–H and O–H groups in total. The molecule has 200 valence electrons. The van der Waals surface area contributed by atoms with Gasteiger partial charge in [0.25, 0.3) is 0 Å². The van der Waals surface area contributed by atoms with Gasteiger partial charge < -0.3 is 4.74 Å². The molecule has 4 rings (SSSR count). The summed E-state index contributed by atoms with van der Waals surface area (Å²) in [5.41, 5.74) is 2.54. The molecule has 0 radical (unpaired) electrons.